The maximum Gasteiger partial charge on any atom is 0.317 e. The topological polar surface area (TPSA) is 61.4 Å². The number of amides is 3. The van der Waals surface area contributed by atoms with Gasteiger partial charge in [0.25, 0.3) is 5.91 Å². The van der Waals surface area contributed by atoms with Gasteiger partial charge in [-0.3, -0.25) is 4.79 Å². The highest BCUT2D eigenvalue weighted by Crippen LogP contribution is 2.07. The molecule has 3 amide bonds. The zero-order chi connectivity index (χ0) is 13.7. The van der Waals surface area contributed by atoms with Crippen LogP contribution < -0.4 is 10.6 Å². The molecule has 5 heteroatoms. The molecule has 0 saturated carbocycles. The molecule has 1 aromatic rings. The number of urea groups is 1. The number of hydrogen-bond acceptors (Lipinski definition) is 2. The van der Waals surface area contributed by atoms with Gasteiger partial charge in [-0.25, -0.2) is 4.79 Å². The number of nitrogens with one attached hydrogen (secondary N) is 2. The minimum atomic E-state index is -0.0912. The van der Waals surface area contributed by atoms with Crippen LogP contribution in [-0.4, -0.2) is 43.5 Å². The third-order valence-corrected chi connectivity index (χ3v) is 3.25. The Labute approximate surface area is 113 Å². The summed E-state index contributed by atoms with van der Waals surface area (Å²) in [6, 6.07) is 7.46. The molecule has 0 aromatic heterocycles. The van der Waals surface area contributed by atoms with Gasteiger partial charge in [0, 0.05) is 32.2 Å². The summed E-state index contributed by atoms with van der Waals surface area (Å²) in [6.07, 6.45) is 1.83. The summed E-state index contributed by atoms with van der Waals surface area (Å²) in [5.74, 6) is -0.0912. The van der Waals surface area contributed by atoms with Crippen molar-refractivity contribution in [3.05, 3.63) is 35.4 Å². The molecule has 0 bridgehead atoms. The lowest BCUT2D eigenvalue weighted by atomic mass is 10.1. The predicted molar refractivity (Wildman–Crippen MR) is 73.1 cm³/mol. The number of nitrogens with zero attached hydrogens (tertiary/aromatic N) is 1. The van der Waals surface area contributed by atoms with Crippen molar-refractivity contribution in [3.63, 3.8) is 0 Å². The van der Waals surface area contributed by atoms with E-state index in [1.165, 1.54) is 0 Å². The Hall–Kier alpha value is -2.04. The van der Waals surface area contributed by atoms with Crippen LogP contribution in [0.5, 0.6) is 0 Å². The molecular weight excluding hydrogens is 242 g/mol. The quantitative estimate of drug-likeness (QED) is 0.849. The molecule has 0 radical (unpaired) electrons. The van der Waals surface area contributed by atoms with E-state index in [0.717, 1.165) is 31.5 Å². The number of hydrogen-bond donors (Lipinski definition) is 2. The van der Waals surface area contributed by atoms with Gasteiger partial charge >= 0.3 is 6.03 Å². The molecule has 1 fully saturated rings. The Kier molecular flexibility index (Phi) is 4.39. The molecule has 1 aliphatic heterocycles. The first-order chi connectivity index (χ1) is 9.20. The fourth-order valence-electron chi connectivity index (χ4n) is 1.96. The first-order valence-electron chi connectivity index (χ1n) is 6.54. The van der Waals surface area contributed by atoms with Crippen molar-refractivity contribution >= 4 is 11.9 Å². The minimum absolute atomic E-state index is 0.00806. The lowest BCUT2D eigenvalue weighted by Gasteiger charge is -2.30. The monoisotopic (exact) mass is 261 g/mol. The number of carbonyl (C=O) groups is 2. The Morgan fingerprint density at radius 1 is 1.32 bits per heavy atom. The zero-order valence-corrected chi connectivity index (χ0v) is 11.1. The standard InChI is InChI=1S/C14H19N3O2/c1-15-13(18)12-5-2-4-11(10-12)6-7-16-14(19)17-8-3-9-17/h2,4-5,10H,3,6-9H2,1H3,(H,15,18)(H,16,19). The van der Waals surface area contributed by atoms with E-state index in [1.54, 1.807) is 18.0 Å². The Balaban J connectivity index is 1.82. The summed E-state index contributed by atoms with van der Waals surface area (Å²) in [6.45, 7) is 2.31. The average molecular weight is 261 g/mol. The number of likely N-dealkylation sites (tertiary alicyclic amines) is 1. The van der Waals surface area contributed by atoms with Crippen molar-refractivity contribution in [2.24, 2.45) is 0 Å². The van der Waals surface area contributed by atoms with E-state index < -0.39 is 0 Å². The molecular formula is C14H19N3O2. The van der Waals surface area contributed by atoms with Crippen molar-refractivity contribution in [2.45, 2.75) is 12.8 Å². The lowest BCUT2D eigenvalue weighted by Crippen LogP contribution is -2.48. The zero-order valence-electron chi connectivity index (χ0n) is 11.1. The number of rotatable bonds is 4. The van der Waals surface area contributed by atoms with E-state index in [4.69, 9.17) is 0 Å². The van der Waals surface area contributed by atoms with Gasteiger partial charge in [-0.05, 0) is 30.5 Å². The minimum Gasteiger partial charge on any atom is -0.355 e. The highest BCUT2D eigenvalue weighted by molar-refractivity contribution is 5.94. The van der Waals surface area contributed by atoms with Crippen molar-refractivity contribution in [1.29, 1.82) is 0 Å². The summed E-state index contributed by atoms with van der Waals surface area (Å²) in [4.78, 5) is 24.9. The normalized spacial score (nSPS) is 13.6. The summed E-state index contributed by atoms with van der Waals surface area (Å²) in [7, 11) is 1.61. The molecule has 0 unspecified atom stereocenters. The summed E-state index contributed by atoms with van der Waals surface area (Å²) in [5, 5.41) is 5.48. The van der Waals surface area contributed by atoms with Gasteiger partial charge in [-0.2, -0.15) is 0 Å². The second-order valence-corrected chi connectivity index (χ2v) is 4.60. The van der Waals surface area contributed by atoms with Gasteiger partial charge in [0.1, 0.15) is 0 Å². The Morgan fingerprint density at radius 2 is 2.11 bits per heavy atom. The van der Waals surface area contributed by atoms with E-state index in [-0.39, 0.29) is 11.9 Å². The van der Waals surface area contributed by atoms with Crippen LogP contribution in [0.25, 0.3) is 0 Å². The third kappa shape index (κ3) is 3.47. The molecule has 0 aliphatic carbocycles. The fourth-order valence-corrected chi connectivity index (χ4v) is 1.96. The number of carbonyl (C=O) groups excluding carboxylic acids is 2. The van der Waals surface area contributed by atoms with Crippen LogP contribution in [0.2, 0.25) is 0 Å². The lowest BCUT2D eigenvalue weighted by molar-refractivity contribution is 0.0963. The second-order valence-electron chi connectivity index (χ2n) is 4.60. The van der Waals surface area contributed by atoms with Crippen LogP contribution in [0, 0.1) is 0 Å². The summed E-state index contributed by atoms with van der Waals surface area (Å²) >= 11 is 0. The van der Waals surface area contributed by atoms with Crippen molar-refractivity contribution in [3.8, 4) is 0 Å². The van der Waals surface area contributed by atoms with Gasteiger partial charge in [-0.1, -0.05) is 12.1 Å². The Bertz CT molecular complexity index is 470. The molecule has 1 aromatic carbocycles. The van der Waals surface area contributed by atoms with Gasteiger partial charge in [0.2, 0.25) is 0 Å². The summed E-state index contributed by atoms with van der Waals surface area (Å²) in [5.41, 5.74) is 1.69. The molecule has 19 heavy (non-hydrogen) atoms. The van der Waals surface area contributed by atoms with E-state index in [0.29, 0.717) is 12.1 Å². The maximum atomic E-state index is 11.6. The largest absolute Gasteiger partial charge is 0.355 e. The molecule has 5 nitrogen and oxygen atoms in total. The van der Waals surface area contributed by atoms with Gasteiger partial charge in [-0.15, -0.1) is 0 Å². The SMILES string of the molecule is CNC(=O)c1cccc(CCNC(=O)N2CCC2)c1. The molecule has 1 heterocycles. The van der Waals surface area contributed by atoms with Crippen LogP contribution in [0.4, 0.5) is 4.79 Å². The second kappa shape index (κ2) is 6.22. The van der Waals surface area contributed by atoms with E-state index in [9.17, 15) is 9.59 Å². The molecule has 1 saturated heterocycles. The van der Waals surface area contributed by atoms with Crippen LogP contribution in [0.15, 0.2) is 24.3 Å². The molecule has 102 valence electrons. The first kappa shape index (κ1) is 13.4. The summed E-state index contributed by atoms with van der Waals surface area (Å²) < 4.78 is 0. The maximum absolute atomic E-state index is 11.6. The van der Waals surface area contributed by atoms with Crippen molar-refractivity contribution in [2.75, 3.05) is 26.7 Å². The molecule has 0 atom stereocenters. The molecule has 1 aliphatic rings. The Morgan fingerprint density at radius 3 is 2.74 bits per heavy atom. The third-order valence-electron chi connectivity index (χ3n) is 3.25. The average Bonchev–Trinajstić information content (AvgIpc) is 2.36. The highest BCUT2D eigenvalue weighted by Gasteiger charge is 2.19. The predicted octanol–water partition coefficient (Wildman–Crippen LogP) is 1.00. The van der Waals surface area contributed by atoms with Crippen LogP contribution in [0.3, 0.4) is 0 Å². The van der Waals surface area contributed by atoms with Crippen LogP contribution in [-0.2, 0) is 6.42 Å². The highest BCUT2D eigenvalue weighted by atomic mass is 16.2. The van der Waals surface area contributed by atoms with Crippen LogP contribution >= 0.6 is 0 Å². The van der Waals surface area contributed by atoms with Gasteiger partial charge in [0.15, 0.2) is 0 Å². The van der Waals surface area contributed by atoms with Crippen molar-refractivity contribution < 1.29 is 9.59 Å². The van der Waals surface area contributed by atoms with Crippen LogP contribution in [0.1, 0.15) is 22.3 Å². The van der Waals surface area contributed by atoms with E-state index in [1.807, 2.05) is 18.2 Å². The fraction of sp³-hybridized carbons (Fsp3) is 0.429. The smallest absolute Gasteiger partial charge is 0.317 e. The van der Waals surface area contributed by atoms with Gasteiger partial charge in [0.05, 0.1) is 0 Å². The van der Waals surface area contributed by atoms with E-state index in [2.05, 4.69) is 10.6 Å². The number of benzene rings is 1. The first-order valence-corrected chi connectivity index (χ1v) is 6.54. The molecule has 0 spiro atoms. The molecule has 2 rings (SSSR count). The van der Waals surface area contributed by atoms with Crippen molar-refractivity contribution in [1.82, 2.24) is 15.5 Å². The molecule has 2 N–H and O–H groups in total. The van der Waals surface area contributed by atoms with Gasteiger partial charge < -0.3 is 15.5 Å². The van der Waals surface area contributed by atoms with E-state index >= 15 is 0 Å².